The molecule has 2 aromatic heterocycles. The van der Waals surface area contributed by atoms with Crippen molar-refractivity contribution in [3.63, 3.8) is 0 Å². The standard InChI is InChI=1S/C20H22N4O/c1-3-18(16-7-5-4-6-8-16)20(25)22-13-15-11-17(14-21-12-15)19-9-10-23-24(19)2/h4-12,14,18H,3,13H2,1-2H3,(H,22,25)/t18-/m0/s1. The van der Waals surface area contributed by atoms with Gasteiger partial charge in [-0.3, -0.25) is 14.5 Å². The molecule has 0 saturated heterocycles. The molecule has 0 saturated carbocycles. The number of nitrogens with zero attached hydrogens (tertiary/aromatic N) is 3. The largest absolute Gasteiger partial charge is 0.351 e. The topological polar surface area (TPSA) is 59.8 Å². The molecule has 0 aliphatic rings. The van der Waals surface area contributed by atoms with E-state index in [1.165, 1.54) is 0 Å². The number of carbonyl (C=O) groups excluding carboxylic acids is 1. The SMILES string of the molecule is CC[C@H](C(=O)NCc1cncc(-c2ccnn2C)c1)c1ccccc1. The summed E-state index contributed by atoms with van der Waals surface area (Å²) in [4.78, 5) is 16.9. The molecule has 0 radical (unpaired) electrons. The van der Waals surface area contributed by atoms with Gasteiger partial charge < -0.3 is 5.32 Å². The van der Waals surface area contributed by atoms with Crippen LogP contribution in [-0.4, -0.2) is 20.7 Å². The molecule has 2 heterocycles. The fourth-order valence-electron chi connectivity index (χ4n) is 2.95. The van der Waals surface area contributed by atoms with Crippen LogP contribution in [0.1, 0.15) is 30.4 Å². The molecule has 1 atom stereocenters. The molecule has 3 rings (SSSR count). The van der Waals surface area contributed by atoms with Gasteiger partial charge in [-0.1, -0.05) is 37.3 Å². The maximum atomic E-state index is 12.6. The highest BCUT2D eigenvalue weighted by Gasteiger charge is 2.18. The highest BCUT2D eigenvalue weighted by molar-refractivity contribution is 5.83. The Bertz CT molecular complexity index is 842. The van der Waals surface area contributed by atoms with Crippen molar-refractivity contribution in [2.24, 2.45) is 7.05 Å². The lowest BCUT2D eigenvalue weighted by Gasteiger charge is -2.15. The van der Waals surface area contributed by atoms with Crippen LogP contribution in [0.15, 0.2) is 61.1 Å². The lowest BCUT2D eigenvalue weighted by molar-refractivity contribution is -0.122. The first-order valence-electron chi connectivity index (χ1n) is 8.44. The van der Waals surface area contributed by atoms with Gasteiger partial charge in [0.25, 0.3) is 0 Å². The third kappa shape index (κ3) is 3.94. The van der Waals surface area contributed by atoms with E-state index in [1.54, 1.807) is 18.6 Å². The molecule has 0 unspecified atom stereocenters. The molecule has 1 N–H and O–H groups in total. The summed E-state index contributed by atoms with van der Waals surface area (Å²) in [5.74, 6) is -0.0888. The number of amides is 1. The molecule has 0 fully saturated rings. The Morgan fingerprint density at radius 3 is 2.68 bits per heavy atom. The predicted molar refractivity (Wildman–Crippen MR) is 97.8 cm³/mol. The van der Waals surface area contributed by atoms with Gasteiger partial charge in [0.15, 0.2) is 0 Å². The van der Waals surface area contributed by atoms with E-state index in [2.05, 4.69) is 15.4 Å². The molecule has 128 valence electrons. The Morgan fingerprint density at radius 1 is 1.20 bits per heavy atom. The van der Waals surface area contributed by atoms with Gasteiger partial charge in [0.2, 0.25) is 5.91 Å². The van der Waals surface area contributed by atoms with Crippen LogP contribution in [0.3, 0.4) is 0 Å². The molecule has 5 heteroatoms. The van der Waals surface area contributed by atoms with Crippen LogP contribution in [-0.2, 0) is 18.4 Å². The van der Waals surface area contributed by atoms with Crippen LogP contribution in [0, 0.1) is 0 Å². The van der Waals surface area contributed by atoms with E-state index in [1.807, 2.05) is 61.1 Å². The molecule has 0 spiro atoms. The van der Waals surface area contributed by atoms with Crippen molar-refractivity contribution < 1.29 is 4.79 Å². The van der Waals surface area contributed by atoms with Crippen LogP contribution in [0.2, 0.25) is 0 Å². The number of nitrogens with one attached hydrogen (secondary N) is 1. The van der Waals surface area contributed by atoms with Crippen LogP contribution < -0.4 is 5.32 Å². The number of hydrogen-bond acceptors (Lipinski definition) is 3. The first kappa shape index (κ1) is 16.9. The average molecular weight is 334 g/mol. The summed E-state index contributed by atoms with van der Waals surface area (Å²) in [5, 5.41) is 7.22. The Labute approximate surface area is 147 Å². The van der Waals surface area contributed by atoms with Crippen LogP contribution in [0.4, 0.5) is 0 Å². The molecule has 0 bridgehead atoms. The number of pyridine rings is 1. The summed E-state index contributed by atoms with van der Waals surface area (Å²) in [6, 6.07) is 13.9. The zero-order valence-corrected chi connectivity index (χ0v) is 14.5. The molecule has 25 heavy (non-hydrogen) atoms. The number of rotatable bonds is 6. The predicted octanol–water partition coefficient (Wildman–Crippen LogP) is 3.29. The number of aryl methyl sites for hydroxylation is 1. The molecule has 5 nitrogen and oxygen atoms in total. The van der Waals surface area contributed by atoms with Crippen molar-refractivity contribution in [1.29, 1.82) is 0 Å². The van der Waals surface area contributed by atoms with E-state index in [-0.39, 0.29) is 11.8 Å². The minimum atomic E-state index is -0.130. The molecule has 1 amide bonds. The van der Waals surface area contributed by atoms with E-state index in [4.69, 9.17) is 0 Å². The van der Waals surface area contributed by atoms with Crippen LogP contribution in [0.25, 0.3) is 11.3 Å². The Balaban J connectivity index is 1.69. The van der Waals surface area contributed by atoms with Crippen molar-refractivity contribution in [3.05, 3.63) is 72.2 Å². The summed E-state index contributed by atoms with van der Waals surface area (Å²) in [6.45, 7) is 2.49. The van der Waals surface area contributed by atoms with E-state index in [0.29, 0.717) is 6.54 Å². The minimum Gasteiger partial charge on any atom is -0.351 e. The summed E-state index contributed by atoms with van der Waals surface area (Å²) in [7, 11) is 1.90. The Morgan fingerprint density at radius 2 is 2.00 bits per heavy atom. The van der Waals surface area contributed by atoms with E-state index >= 15 is 0 Å². The van der Waals surface area contributed by atoms with Crippen LogP contribution >= 0.6 is 0 Å². The molecule has 0 aliphatic heterocycles. The van der Waals surface area contributed by atoms with Crippen molar-refractivity contribution >= 4 is 5.91 Å². The zero-order chi connectivity index (χ0) is 17.6. The van der Waals surface area contributed by atoms with Crippen molar-refractivity contribution in [2.75, 3.05) is 0 Å². The Hall–Kier alpha value is -2.95. The molecular weight excluding hydrogens is 312 g/mol. The summed E-state index contributed by atoms with van der Waals surface area (Å²) in [6.07, 6.45) is 6.11. The minimum absolute atomic E-state index is 0.0413. The summed E-state index contributed by atoms with van der Waals surface area (Å²) >= 11 is 0. The van der Waals surface area contributed by atoms with Crippen molar-refractivity contribution in [3.8, 4) is 11.3 Å². The van der Waals surface area contributed by atoms with E-state index in [0.717, 1.165) is 28.8 Å². The van der Waals surface area contributed by atoms with Crippen molar-refractivity contribution in [2.45, 2.75) is 25.8 Å². The maximum Gasteiger partial charge on any atom is 0.227 e. The second-order valence-corrected chi connectivity index (χ2v) is 6.01. The van der Waals surface area contributed by atoms with E-state index < -0.39 is 0 Å². The van der Waals surface area contributed by atoms with Gasteiger partial charge in [0.05, 0.1) is 11.6 Å². The Kier molecular flexibility index (Phi) is 5.23. The fourth-order valence-corrected chi connectivity index (χ4v) is 2.95. The lowest BCUT2D eigenvalue weighted by Crippen LogP contribution is -2.28. The number of hydrogen-bond donors (Lipinski definition) is 1. The molecular formula is C20H22N4O. The number of benzene rings is 1. The normalized spacial score (nSPS) is 11.9. The average Bonchev–Trinajstić information content (AvgIpc) is 3.08. The lowest BCUT2D eigenvalue weighted by atomic mass is 9.95. The number of carbonyl (C=O) groups is 1. The first-order chi connectivity index (χ1) is 12.2. The van der Waals surface area contributed by atoms with Gasteiger partial charge in [-0.25, -0.2) is 0 Å². The van der Waals surface area contributed by atoms with E-state index in [9.17, 15) is 4.79 Å². The maximum absolute atomic E-state index is 12.6. The highest BCUT2D eigenvalue weighted by Crippen LogP contribution is 2.20. The number of aromatic nitrogens is 3. The van der Waals surface area contributed by atoms with Crippen LogP contribution in [0.5, 0.6) is 0 Å². The van der Waals surface area contributed by atoms with Gasteiger partial charge in [-0.15, -0.1) is 0 Å². The second-order valence-electron chi connectivity index (χ2n) is 6.01. The van der Waals surface area contributed by atoms with Gasteiger partial charge in [-0.2, -0.15) is 5.10 Å². The van der Waals surface area contributed by atoms with Gasteiger partial charge >= 0.3 is 0 Å². The summed E-state index contributed by atoms with van der Waals surface area (Å²) < 4.78 is 1.81. The zero-order valence-electron chi connectivity index (χ0n) is 14.5. The molecule has 3 aromatic rings. The second kappa shape index (κ2) is 7.75. The smallest absolute Gasteiger partial charge is 0.227 e. The highest BCUT2D eigenvalue weighted by atomic mass is 16.1. The summed E-state index contributed by atoms with van der Waals surface area (Å²) in [5.41, 5.74) is 4.00. The fraction of sp³-hybridized carbons (Fsp3) is 0.250. The molecule has 1 aromatic carbocycles. The third-order valence-electron chi connectivity index (χ3n) is 4.30. The third-order valence-corrected chi connectivity index (χ3v) is 4.30. The van der Waals surface area contributed by atoms with Crippen molar-refractivity contribution in [1.82, 2.24) is 20.1 Å². The quantitative estimate of drug-likeness (QED) is 0.752. The monoisotopic (exact) mass is 334 g/mol. The first-order valence-corrected chi connectivity index (χ1v) is 8.44. The van der Waals surface area contributed by atoms with Gasteiger partial charge in [0, 0.05) is 37.7 Å². The van der Waals surface area contributed by atoms with Gasteiger partial charge in [0.1, 0.15) is 0 Å². The molecule has 0 aliphatic carbocycles. The van der Waals surface area contributed by atoms with Gasteiger partial charge in [-0.05, 0) is 29.7 Å².